The third kappa shape index (κ3) is 7.39. The lowest BCUT2D eigenvalue weighted by Gasteiger charge is -2.25. The predicted molar refractivity (Wildman–Crippen MR) is 134 cm³/mol. The molecule has 0 saturated heterocycles. The van der Waals surface area contributed by atoms with Gasteiger partial charge in [0.15, 0.2) is 0 Å². The second-order valence-electron chi connectivity index (χ2n) is 7.93. The molecule has 2 unspecified atom stereocenters. The summed E-state index contributed by atoms with van der Waals surface area (Å²) in [5.74, 6) is 0.269. The second-order valence-corrected chi connectivity index (χ2v) is 9.35. The van der Waals surface area contributed by atoms with Crippen LogP contribution in [0.25, 0.3) is 0 Å². The van der Waals surface area contributed by atoms with Crippen LogP contribution < -0.4 is 5.73 Å². The fourth-order valence-electron chi connectivity index (χ4n) is 3.64. The van der Waals surface area contributed by atoms with Crippen LogP contribution in [-0.4, -0.2) is 13.0 Å². The van der Waals surface area contributed by atoms with Gasteiger partial charge >= 0.3 is 0 Å². The first kappa shape index (κ1) is 24.4. The van der Waals surface area contributed by atoms with Crippen LogP contribution in [0.3, 0.4) is 0 Å². The zero-order chi connectivity index (χ0) is 23.7. The first-order valence-electron chi connectivity index (χ1n) is 10.8. The minimum atomic E-state index is -4.02. The van der Waals surface area contributed by atoms with Gasteiger partial charge in [0.1, 0.15) is 0 Å². The standard InChI is InChI=1S/C21H21N.C7H8O3S/c22-21(19-14-8-3-9-15-19)20(18-12-6-2-7-13-18)16-17-10-4-1-5-11-17;1-6-2-4-7(5-3-6)11(8,9)10/h1-15,20-21H,16,22H2;2-5H,1H3,(H,8,9,10). The molecule has 0 amide bonds. The van der Waals surface area contributed by atoms with E-state index in [0.29, 0.717) is 0 Å². The van der Waals surface area contributed by atoms with E-state index in [4.69, 9.17) is 10.3 Å². The van der Waals surface area contributed by atoms with Gasteiger partial charge in [-0.3, -0.25) is 4.55 Å². The van der Waals surface area contributed by atoms with Crippen molar-refractivity contribution in [1.82, 2.24) is 0 Å². The minimum absolute atomic E-state index is 0.0104. The Balaban J connectivity index is 0.000000235. The van der Waals surface area contributed by atoms with Crippen LogP contribution >= 0.6 is 0 Å². The van der Waals surface area contributed by atoms with E-state index in [0.717, 1.165) is 12.0 Å². The highest BCUT2D eigenvalue weighted by Crippen LogP contribution is 2.32. The molecule has 0 spiro atoms. The maximum absolute atomic E-state index is 10.5. The molecular weight excluding hydrogens is 430 g/mol. The first-order chi connectivity index (χ1) is 15.8. The minimum Gasteiger partial charge on any atom is -0.323 e. The summed E-state index contributed by atoms with van der Waals surface area (Å²) in [6, 6.07) is 37.5. The lowest BCUT2D eigenvalue weighted by molar-refractivity contribution is 0.483. The molecule has 4 rings (SSSR count). The molecule has 0 heterocycles. The van der Waals surface area contributed by atoms with E-state index in [9.17, 15) is 8.42 Å². The quantitative estimate of drug-likeness (QED) is 0.349. The van der Waals surface area contributed by atoms with Gasteiger partial charge in [-0.05, 0) is 42.2 Å². The average molecular weight is 460 g/mol. The van der Waals surface area contributed by atoms with Crippen molar-refractivity contribution in [2.45, 2.75) is 30.2 Å². The predicted octanol–water partition coefficient (Wildman–Crippen LogP) is 5.95. The normalized spacial score (nSPS) is 12.8. The Hall–Kier alpha value is -3.25. The zero-order valence-electron chi connectivity index (χ0n) is 18.6. The molecule has 4 aromatic carbocycles. The van der Waals surface area contributed by atoms with Crippen molar-refractivity contribution in [3.05, 3.63) is 138 Å². The van der Waals surface area contributed by atoms with Crippen LogP contribution in [0.5, 0.6) is 0 Å². The SMILES string of the molecule is Cc1ccc(S(=O)(=O)O)cc1.NC(c1ccccc1)C(Cc1ccccc1)c1ccccc1. The lowest BCUT2D eigenvalue weighted by atomic mass is 9.83. The summed E-state index contributed by atoms with van der Waals surface area (Å²) in [6.07, 6.45) is 0.945. The summed E-state index contributed by atoms with van der Waals surface area (Å²) in [5.41, 5.74) is 11.4. The van der Waals surface area contributed by atoms with E-state index in [1.165, 1.54) is 28.8 Å². The number of hydrogen-bond donors (Lipinski definition) is 2. The molecule has 0 aromatic heterocycles. The van der Waals surface area contributed by atoms with Gasteiger partial charge in [-0.2, -0.15) is 8.42 Å². The molecule has 0 aliphatic rings. The van der Waals surface area contributed by atoms with Crippen LogP contribution in [0.15, 0.2) is 120 Å². The van der Waals surface area contributed by atoms with Crippen molar-refractivity contribution in [3.8, 4) is 0 Å². The van der Waals surface area contributed by atoms with E-state index < -0.39 is 10.1 Å². The number of rotatable bonds is 6. The van der Waals surface area contributed by atoms with E-state index in [1.54, 1.807) is 12.1 Å². The summed E-state index contributed by atoms with van der Waals surface area (Å²) in [7, 11) is -4.02. The van der Waals surface area contributed by atoms with Crippen LogP contribution in [0.2, 0.25) is 0 Å². The highest BCUT2D eigenvalue weighted by Gasteiger charge is 2.21. The van der Waals surface area contributed by atoms with E-state index >= 15 is 0 Å². The maximum Gasteiger partial charge on any atom is 0.294 e. The monoisotopic (exact) mass is 459 g/mol. The maximum atomic E-state index is 10.5. The summed E-state index contributed by atoms with van der Waals surface area (Å²) < 4.78 is 29.6. The summed E-state index contributed by atoms with van der Waals surface area (Å²) in [6.45, 7) is 1.84. The first-order valence-corrected chi connectivity index (χ1v) is 12.2. The average Bonchev–Trinajstić information content (AvgIpc) is 2.84. The Morgan fingerprint density at radius 3 is 1.64 bits per heavy atom. The largest absolute Gasteiger partial charge is 0.323 e. The molecule has 5 heteroatoms. The molecular formula is C28H29NO3S. The van der Waals surface area contributed by atoms with Gasteiger partial charge in [0.05, 0.1) is 4.90 Å². The van der Waals surface area contributed by atoms with Crippen molar-refractivity contribution in [2.24, 2.45) is 5.73 Å². The molecule has 2 atom stereocenters. The topological polar surface area (TPSA) is 80.4 Å². The number of aryl methyl sites for hydroxylation is 1. The summed E-state index contributed by atoms with van der Waals surface area (Å²) in [5, 5.41) is 0. The zero-order valence-corrected chi connectivity index (χ0v) is 19.4. The van der Waals surface area contributed by atoms with Crippen LogP contribution in [-0.2, 0) is 16.5 Å². The molecule has 4 nitrogen and oxygen atoms in total. The Labute approximate surface area is 196 Å². The van der Waals surface area contributed by atoms with E-state index in [2.05, 4.69) is 84.9 Å². The molecule has 4 aromatic rings. The van der Waals surface area contributed by atoms with Gasteiger partial charge in [-0.15, -0.1) is 0 Å². The molecule has 33 heavy (non-hydrogen) atoms. The Bertz CT molecular complexity index is 1210. The summed E-state index contributed by atoms with van der Waals surface area (Å²) in [4.78, 5) is -0.0666. The van der Waals surface area contributed by atoms with Gasteiger partial charge in [-0.25, -0.2) is 0 Å². The molecule has 0 radical (unpaired) electrons. The third-order valence-electron chi connectivity index (χ3n) is 5.46. The van der Waals surface area contributed by atoms with Gasteiger partial charge in [-0.1, -0.05) is 109 Å². The fourth-order valence-corrected chi connectivity index (χ4v) is 4.12. The Kier molecular flexibility index (Phi) is 8.55. The van der Waals surface area contributed by atoms with Crippen molar-refractivity contribution in [1.29, 1.82) is 0 Å². The molecule has 0 fully saturated rings. The Morgan fingerprint density at radius 1 is 0.697 bits per heavy atom. The fraction of sp³-hybridized carbons (Fsp3) is 0.143. The van der Waals surface area contributed by atoms with Crippen LogP contribution in [0, 0.1) is 6.92 Å². The summed E-state index contributed by atoms with van der Waals surface area (Å²) >= 11 is 0. The van der Waals surface area contributed by atoms with Crippen molar-refractivity contribution in [3.63, 3.8) is 0 Å². The van der Waals surface area contributed by atoms with Gasteiger partial charge in [0.25, 0.3) is 10.1 Å². The third-order valence-corrected chi connectivity index (χ3v) is 6.33. The number of hydrogen-bond acceptors (Lipinski definition) is 3. The van der Waals surface area contributed by atoms with E-state index in [-0.39, 0.29) is 16.9 Å². The highest BCUT2D eigenvalue weighted by atomic mass is 32.2. The highest BCUT2D eigenvalue weighted by molar-refractivity contribution is 7.85. The second kappa shape index (κ2) is 11.6. The van der Waals surface area contributed by atoms with Gasteiger partial charge in [0.2, 0.25) is 0 Å². The van der Waals surface area contributed by atoms with Gasteiger partial charge < -0.3 is 5.73 Å². The van der Waals surface area contributed by atoms with Crippen LogP contribution in [0.1, 0.15) is 34.2 Å². The van der Waals surface area contributed by atoms with Crippen molar-refractivity contribution in [2.75, 3.05) is 0 Å². The smallest absolute Gasteiger partial charge is 0.294 e. The number of benzene rings is 4. The van der Waals surface area contributed by atoms with Crippen molar-refractivity contribution < 1.29 is 13.0 Å². The molecule has 0 saturated carbocycles. The molecule has 0 aliphatic heterocycles. The van der Waals surface area contributed by atoms with Gasteiger partial charge in [0, 0.05) is 12.0 Å². The molecule has 170 valence electrons. The molecule has 0 bridgehead atoms. The van der Waals surface area contributed by atoms with Crippen LogP contribution in [0.4, 0.5) is 0 Å². The molecule has 0 aliphatic carbocycles. The molecule has 3 N–H and O–H groups in total. The van der Waals surface area contributed by atoms with Crippen molar-refractivity contribution >= 4 is 10.1 Å². The number of nitrogens with two attached hydrogens (primary N) is 1. The van der Waals surface area contributed by atoms with E-state index in [1.807, 2.05) is 13.0 Å². The lowest BCUT2D eigenvalue weighted by Crippen LogP contribution is -2.21. The Morgan fingerprint density at radius 2 is 1.15 bits per heavy atom.